The van der Waals surface area contributed by atoms with E-state index in [2.05, 4.69) is 41.4 Å². The number of nitrogens with one attached hydrogen (secondary N) is 2. The highest BCUT2D eigenvalue weighted by Gasteiger charge is 2.19. The molecule has 0 unspecified atom stereocenters. The van der Waals surface area contributed by atoms with Gasteiger partial charge < -0.3 is 20.0 Å². The van der Waals surface area contributed by atoms with Crippen LogP contribution in [0.4, 0.5) is 10.1 Å². The summed E-state index contributed by atoms with van der Waals surface area (Å²) in [7, 11) is 1.69. The van der Waals surface area contributed by atoms with Gasteiger partial charge in [-0.05, 0) is 31.5 Å². The van der Waals surface area contributed by atoms with Crippen LogP contribution in [0, 0.1) is 5.82 Å². The van der Waals surface area contributed by atoms with E-state index < -0.39 is 0 Å². The minimum absolute atomic E-state index is 0. The quantitative estimate of drug-likeness (QED) is 0.323. The zero-order valence-electron chi connectivity index (χ0n) is 18.2. The first-order chi connectivity index (χ1) is 13.3. The van der Waals surface area contributed by atoms with E-state index in [1.807, 2.05) is 30.9 Å². The summed E-state index contributed by atoms with van der Waals surface area (Å²) in [6.45, 7) is 12.7. The lowest BCUT2D eigenvalue weighted by Gasteiger charge is -2.22. The highest BCUT2D eigenvalue weighted by Crippen LogP contribution is 2.22. The Hall–Kier alpha value is -1.84. The molecular formula is C21H33FIN5O. The van der Waals surface area contributed by atoms with E-state index in [1.165, 1.54) is 0 Å². The topological polar surface area (TPSA) is 65.7 Å². The number of anilines is 1. The number of nitrogens with zero attached hydrogens (tertiary/aromatic N) is 3. The monoisotopic (exact) mass is 517 g/mol. The van der Waals surface area contributed by atoms with E-state index >= 15 is 0 Å². The third-order valence-electron chi connectivity index (χ3n) is 4.50. The molecule has 0 saturated heterocycles. The first-order valence-electron chi connectivity index (χ1n) is 9.71. The number of halogens is 2. The van der Waals surface area contributed by atoms with Crippen molar-refractivity contribution in [2.24, 2.45) is 4.99 Å². The van der Waals surface area contributed by atoms with Crippen molar-refractivity contribution in [1.29, 1.82) is 0 Å². The molecule has 0 amide bonds. The zero-order valence-corrected chi connectivity index (χ0v) is 20.5. The van der Waals surface area contributed by atoms with Crippen LogP contribution in [-0.2, 0) is 18.5 Å². The highest BCUT2D eigenvalue weighted by atomic mass is 127. The molecule has 0 aliphatic rings. The molecule has 0 aliphatic carbocycles. The molecule has 8 heteroatoms. The van der Waals surface area contributed by atoms with Gasteiger partial charge in [-0.1, -0.05) is 26.8 Å². The van der Waals surface area contributed by atoms with Crippen molar-refractivity contribution in [3.05, 3.63) is 47.4 Å². The van der Waals surface area contributed by atoms with Gasteiger partial charge in [0.15, 0.2) is 5.96 Å². The second-order valence-electron chi connectivity index (χ2n) is 7.61. The van der Waals surface area contributed by atoms with Gasteiger partial charge in [-0.15, -0.1) is 24.0 Å². The first-order valence-corrected chi connectivity index (χ1v) is 9.71. The van der Waals surface area contributed by atoms with E-state index in [1.54, 1.807) is 19.3 Å². The van der Waals surface area contributed by atoms with Crippen molar-refractivity contribution in [2.45, 2.75) is 53.1 Å². The molecule has 2 rings (SSSR count). The Morgan fingerprint density at radius 1 is 1.17 bits per heavy atom. The van der Waals surface area contributed by atoms with Gasteiger partial charge >= 0.3 is 0 Å². The summed E-state index contributed by atoms with van der Waals surface area (Å²) in [4.78, 5) is 10.5. The number of hydrogen-bond donors (Lipinski definition) is 2. The number of rotatable bonds is 7. The molecule has 0 bridgehead atoms. The van der Waals surface area contributed by atoms with Gasteiger partial charge in [-0.25, -0.2) is 9.37 Å². The van der Waals surface area contributed by atoms with Crippen molar-refractivity contribution >= 4 is 35.6 Å². The number of benzene rings is 1. The molecule has 2 aromatic rings. The zero-order chi connectivity index (χ0) is 20.7. The van der Waals surface area contributed by atoms with Crippen LogP contribution in [0.3, 0.4) is 0 Å². The summed E-state index contributed by atoms with van der Waals surface area (Å²) >= 11 is 0. The summed E-state index contributed by atoms with van der Waals surface area (Å²) in [5, 5.41) is 6.35. The van der Waals surface area contributed by atoms with Crippen molar-refractivity contribution < 1.29 is 8.81 Å². The summed E-state index contributed by atoms with van der Waals surface area (Å²) in [5.74, 6) is 1.84. The number of aliphatic imine (C=N–C) groups is 1. The Morgan fingerprint density at radius 2 is 1.83 bits per heavy atom. The van der Waals surface area contributed by atoms with Gasteiger partial charge in [-0.3, -0.25) is 4.99 Å². The van der Waals surface area contributed by atoms with Gasteiger partial charge in [0.1, 0.15) is 11.6 Å². The van der Waals surface area contributed by atoms with E-state index in [4.69, 9.17) is 4.42 Å². The Balaban J connectivity index is 0.00000420. The number of oxazole rings is 1. The van der Waals surface area contributed by atoms with Crippen molar-refractivity contribution in [3.63, 3.8) is 0 Å². The average molecular weight is 517 g/mol. The van der Waals surface area contributed by atoms with Crippen LogP contribution in [-0.4, -0.2) is 31.1 Å². The fourth-order valence-corrected chi connectivity index (χ4v) is 2.79. The third kappa shape index (κ3) is 7.17. The van der Waals surface area contributed by atoms with E-state index in [9.17, 15) is 4.39 Å². The second kappa shape index (κ2) is 11.4. The largest absolute Gasteiger partial charge is 0.443 e. The molecule has 0 fully saturated rings. The van der Waals surface area contributed by atoms with E-state index in [-0.39, 0.29) is 35.2 Å². The van der Waals surface area contributed by atoms with Gasteiger partial charge in [0.25, 0.3) is 0 Å². The minimum atomic E-state index is -0.208. The molecule has 1 heterocycles. The van der Waals surface area contributed by atoms with Crippen LogP contribution in [0.15, 0.2) is 33.8 Å². The van der Waals surface area contributed by atoms with E-state index in [0.29, 0.717) is 30.6 Å². The molecule has 1 aromatic carbocycles. The summed E-state index contributed by atoms with van der Waals surface area (Å²) in [6.07, 6.45) is 1.76. The van der Waals surface area contributed by atoms with Crippen LogP contribution in [0.25, 0.3) is 0 Å². The fraction of sp³-hybridized carbons (Fsp3) is 0.524. The molecule has 1 aromatic heterocycles. The van der Waals surface area contributed by atoms with Gasteiger partial charge in [0.2, 0.25) is 5.89 Å². The summed E-state index contributed by atoms with van der Waals surface area (Å²) in [5.41, 5.74) is 1.41. The lowest BCUT2D eigenvalue weighted by molar-refractivity contribution is 0.379. The normalized spacial score (nSPS) is 11.8. The predicted octanol–water partition coefficient (Wildman–Crippen LogP) is 4.44. The smallest absolute Gasteiger partial charge is 0.213 e. The minimum Gasteiger partial charge on any atom is -0.443 e. The maximum absolute atomic E-state index is 14.4. The molecule has 0 atom stereocenters. The lowest BCUT2D eigenvalue weighted by Crippen LogP contribution is -2.36. The van der Waals surface area contributed by atoms with Crippen LogP contribution < -0.4 is 15.5 Å². The van der Waals surface area contributed by atoms with Gasteiger partial charge in [-0.2, -0.15) is 0 Å². The Labute approximate surface area is 190 Å². The van der Waals surface area contributed by atoms with Crippen LogP contribution in [0.1, 0.15) is 51.8 Å². The molecule has 0 spiro atoms. The molecule has 0 radical (unpaired) electrons. The van der Waals surface area contributed by atoms with E-state index in [0.717, 1.165) is 24.4 Å². The standard InChI is InChI=1S/C21H32FN5O.HI/c1-7-27(8-2)17-10-9-15(11-16(17)22)12-25-20(23-6)26-14-19-24-13-18(28-19)21(3,4)5;/h9-11,13H,7-8,12,14H2,1-6H3,(H2,23,25,26);1H. The maximum Gasteiger partial charge on any atom is 0.213 e. The summed E-state index contributed by atoms with van der Waals surface area (Å²) < 4.78 is 20.2. The Bertz CT molecular complexity index is 797. The number of aromatic nitrogens is 1. The van der Waals surface area contributed by atoms with Crippen LogP contribution in [0.5, 0.6) is 0 Å². The third-order valence-corrected chi connectivity index (χ3v) is 4.50. The van der Waals surface area contributed by atoms with Crippen LogP contribution in [0.2, 0.25) is 0 Å². The molecule has 162 valence electrons. The second-order valence-corrected chi connectivity index (χ2v) is 7.61. The SMILES string of the molecule is CCN(CC)c1ccc(CNC(=NC)NCc2ncc(C(C)(C)C)o2)cc1F.I. The summed E-state index contributed by atoms with van der Waals surface area (Å²) in [6, 6.07) is 5.33. The molecule has 0 aliphatic heterocycles. The fourth-order valence-electron chi connectivity index (χ4n) is 2.79. The van der Waals surface area contributed by atoms with Gasteiger partial charge in [0.05, 0.1) is 18.4 Å². The Morgan fingerprint density at radius 3 is 2.34 bits per heavy atom. The van der Waals surface area contributed by atoms with Gasteiger partial charge in [0, 0.05) is 32.1 Å². The molecular weight excluding hydrogens is 484 g/mol. The van der Waals surface area contributed by atoms with Crippen molar-refractivity contribution in [1.82, 2.24) is 15.6 Å². The first kappa shape index (κ1) is 25.2. The molecule has 6 nitrogen and oxygen atoms in total. The lowest BCUT2D eigenvalue weighted by atomic mass is 9.94. The Kier molecular flexibility index (Phi) is 9.88. The molecule has 2 N–H and O–H groups in total. The maximum atomic E-state index is 14.4. The van der Waals surface area contributed by atoms with Crippen molar-refractivity contribution in [3.8, 4) is 0 Å². The number of hydrogen-bond acceptors (Lipinski definition) is 4. The number of guanidine groups is 1. The highest BCUT2D eigenvalue weighted by molar-refractivity contribution is 14.0. The van der Waals surface area contributed by atoms with Crippen molar-refractivity contribution in [2.75, 3.05) is 25.0 Å². The predicted molar refractivity (Wildman–Crippen MR) is 128 cm³/mol. The average Bonchev–Trinajstić information content (AvgIpc) is 3.14. The van der Waals surface area contributed by atoms with Crippen LogP contribution >= 0.6 is 24.0 Å². The molecule has 29 heavy (non-hydrogen) atoms. The molecule has 0 saturated carbocycles.